The summed E-state index contributed by atoms with van der Waals surface area (Å²) >= 11 is 6.42. The molecule has 3 aromatic rings. The number of aromatic nitrogens is 2. The number of anilines is 1. The number of ether oxygens (including phenoxy) is 1. The summed E-state index contributed by atoms with van der Waals surface area (Å²) in [7, 11) is 0. The molecule has 170 valence electrons. The second-order valence-electron chi connectivity index (χ2n) is 8.64. The SMILES string of the molecule is CC(C)N1C(=O)COc2c(F)cc(-c3nc(Cc4ccc5c(c4)CNCC5)ncc3Cl)cc21. The molecule has 2 aliphatic rings. The van der Waals surface area contributed by atoms with Crippen LogP contribution in [-0.4, -0.2) is 35.1 Å². The number of hydrogen-bond acceptors (Lipinski definition) is 5. The van der Waals surface area contributed by atoms with E-state index < -0.39 is 5.82 Å². The third-order valence-electron chi connectivity index (χ3n) is 6.00. The molecule has 0 radical (unpaired) electrons. The van der Waals surface area contributed by atoms with Crippen molar-refractivity contribution in [2.45, 2.75) is 39.3 Å². The van der Waals surface area contributed by atoms with Gasteiger partial charge in [-0.15, -0.1) is 0 Å². The van der Waals surface area contributed by atoms with Crippen LogP contribution in [0.1, 0.15) is 36.4 Å². The van der Waals surface area contributed by atoms with Gasteiger partial charge >= 0.3 is 0 Å². The Hall–Kier alpha value is -3.03. The van der Waals surface area contributed by atoms with Crippen LogP contribution in [0.2, 0.25) is 5.02 Å². The highest BCUT2D eigenvalue weighted by Gasteiger charge is 2.31. The second-order valence-corrected chi connectivity index (χ2v) is 9.05. The van der Waals surface area contributed by atoms with Crippen LogP contribution in [0, 0.1) is 5.82 Å². The van der Waals surface area contributed by atoms with E-state index in [-0.39, 0.29) is 24.3 Å². The zero-order valence-corrected chi connectivity index (χ0v) is 19.2. The summed E-state index contributed by atoms with van der Waals surface area (Å²) in [4.78, 5) is 23.0. The van der Waals surface area contributed by atoms with E-state index in [1.807, 2.05) is 13.8 Å². The predicted molar refractivity (Wildman–Crippen MR) is 125 cm³/mol. The summed E-state index contributed by atoms with van der Waals surface area (Å²) in [5.74, 6) is -0.117. The lowest BCUT2D eigenvalue weighted by Crippen LogP contribution is -2.43. The maximum absolute atomic E-state index is 15.0. The maximum atomic E-state index is 15.0. The number of benzene rings is 2. The Balaban J connectivity index is 1.51. The summed E-state index contributed by atoms with van der Waals surface area (Å²) in [6, 6.07) is 9.35. The third-order valence-corrected chi connectivity index (χ3v) is 6.27. The number of nitrogens with zero attached hydrogens (tertiary/aromatic N) is 3. The van der Waals surface area contributed by atoms with Crippen molar-refractivity contribution >= 4 is 23.2 Å². The monoisotopic (exact) mass is 466 g/mol. The first-order valence-electron chi connectivity index (χ1n) is 11.0. The van der Waals surface area contributed by atoms with Crippen LogP contribution in [-0.2, 0) is 24.2 Å². The first kappa shape index (κ1) is 21.8. The Labute approximate surface area is 196 Å². The van der Waals surface area contributed by atoms with Crippen molar-refractivity contribution in [3.05, 3.63) is 69.9 Å². The quantitative estimate of drug-likeness (QED) is 0.620. The standard InChI is InChI=1S/C25H24ClFN4O2/c1-14(2)31-21-10-17(9-20(27)25(21)33-13-23(31)32)24-19(26)12-29-22(30-24)8-15-3-4-16-5-6-28-11-18(16)7-15/h3-4,7,9-10,12,14,28H,5-6,8,11,13H2,1-2H3. The molecule has 0 unspecified atom stereocenters. The van der Waals surface area contributed by atoms with Gasteiger partial charge in [0.05, 0.1) is 16.4 Å². The van der Waals surface area contributed by atoms with Crippen molar-refractivity contribution in [1.29, 1.82) is 0 Å². The summed E-state index contributed by atoms with van der Waals surface area (Å²) < 4.78 is 20.3. The van der Waals surface area contributed by atoms with E-state index in [2.05, 4.69) is 33.5 Å². The van der Waals surface area contributed by atoms with Crippen LogP contribution in [0.5, 0.6) is 5.75 Å². The van der Waals surface area contributed by atoms with Crippen molar-refractivity contribution < 1.29 is 13.9 Å². The number of nitrogens with one attached hydrogen (secondary N) is 1. The molecule has 0 saturated carbocycles. The lowest BCUT2D eigenvalue weighted by Gasteiger charge is -2.33. The molecule has 0 fully saturated rings. The van der Waals surface area contributed by atoms with Crippen LogP contribution < -0.4 is 15.0 Å². The molecule has 1 aromatic heterocycles. The second kappa shape index (κ2) is 8.72. The highest BCUT2D eigenvalue weighted by Crippen LogP contribution is 2.40. The van der Waals surface area contributed by atoms with Crippen molar-refractivity contribution in [3.8, 4) is 17.0 Å². The predicted octanol–water partition coefficient (Wildman–Crippen LogP) is 4.31. The smallest absolute Gasteiger partial charge is 0.265 e. The molecule has 3 heterocycles. The molecule has 0 aliphatic carbocycles. The summed E-state index contributed by atoms with van der Waals surface area (Å²) in [5.41, 5.74) is 5.04. The van der Waals surface area contributed by atoms with Gasteiger partial charge in [0.1, 0.15) is 5.82 Å². The molecule has 0 spiro atoms. The van der Waals surface area contributed by atoms with Crippen LogP contribution >= 0.6 is 11.6 Å². The fraction of sp³-hybridized carbons (Fsp3) is 0.320. The van der Waals surface area contributed by atoms with Crippen molar-refractivity contribution in [1.82, 2.24) is 15.3 Å². The number of hydrogen-bond donors (Lipinski definition) is 1. The van der Waals surface area contributed by atoms with Crippen LogP contribution in [0.3, 0.4) is 0 Å². The van der Waals surface area contributed by atoms with Crippen molar-refractivity contribution in [2.24, 2.45) is 0 Å². The molecular weight excluding hydrogens is 443 g/mol. The van der Waals surface area contributed by atoms with Gasteiger partial charge in [-0.2, -0.15) is 0 Å². The molecule has 1 amide bonds. The lowest BCUT2D eigenvalue weighted by molar-refractivity contribution is -0.121. The summed E-state index contributed by atoms with van der Waals surface area (Å²) in [6.45, 7) is 5.43. The molecule has 5 rings (SSSR count). The van der Waals surface area contributed by atoms with Crippen molar-refractivity contribution in [2.75, 3.05) is 18.1 Å². The van der Waals surface area contributed by atoms with Crippen molar-refractivity contribution in [3.63, 3.8) is 0 Å². The molecular formula is C25H24ClFN4O2. The fourth-order valence-corrected chi connectivity index (χ4v) is 4.66. The first-order chi connectivity index (χ1) is 15.9. The number of carbonyl (C=O) groups is 1. The molecule has 8 heteroatoms. The van der Waals surface area contributed by atoms with Crippen LogP contribution in [0.25, 0.3) is 11.3 Å². The minimum absolute atomic E-state index is 0.0696. The molecule has 0 saturated heterocycles. The molecule has 6 nitrogen and oxygen atoms in total. The largest absolute Gasteiger partial charge is 0.478 e. The van der Waals surface area contributed by atoms with E-state index in [4.69, 9.17) is 16.3 Å². The Morgan fingerprint density at radius 2 is 2.09 bits per heavy atom. The molecule has 2 aliphatic heterocycles. The highest BCUT2D eigenvalue weighted by atomic mass is 35.5. The van der Waals surface area contributed by atoms with Gasteiger partial charge in [-0.25, -0.2) is 14.4 Å². The van der Waals surface area contributed by atoms with E-state index in [0.717, 1.165) is 25.1 Å². The Morgan fingerprint density at radius 3 is 2.91 bits per heavy atom. The van der Waals surface area contributed by atoms with Gasteiger partial charge in [-0.3, -0.25) is 4.79 Å². The van der Waals surface area contributed by atoms with Gasteiger partial charge in [0.25, 0.3) is 5.91 Å². The summed E-state index contributed by atoms with van der Waals surface area (Å²) in [6.07, 6.45) is 3.10. The third kappa shape index (κ3) is 4.18. The summed E-state index contributed by atoms with van der Waals surface area (Å²) in [5, 5.41) is 3.70. The van der Waals surface area contributed by atoms with E-state index in [1.54, 1.807) is 17.2 Å². The van der Waals surface area contributed by atoms with E-state index in [1.165, 1.54) is 17.2 Å². The van der Waals surface area contributed by atoms with Crippen LogP contribution in [0.4, 0.5) is 10.1 Å². The van der Waals surface area contributed by atoms with E-state index in [9.17, 15) is 9.18 Å². The zero-order chi connectivity index (χ0) is 23.1. The Kier molecular flexibility index (Phi) is 5.76. The van der Waals surface area contributed by atoms with E-state index >= 15 is 0 Å². The number of halogens is 2. The van der Waals surface area contributed by atoms with E-state index in [0.29, 0.717) is 34.2 Å². The van der Waals surface area contributed by atoms with Gasteiger partial charge in [-0.05, 0) is 55.6 Å². The average molecular weight is 467 g/mol. The van der Waals surface area contributed by atoms with Gasteiger partial charge in [0, 0.05) is 30.8 Å². The number of rotatable bonds is 4. The number of fused-ring (bicyclic) bond motifs is 2. The maximum Gasteiger partial charge on any atom is 0.265 e. The topological polar surface area (TPSA) is 67.4 Å². The first-order valence-corrected chi connectivity index (χ1v) is 11.4. The van der Waals surface area contributed by atoms with Gasteiger partial charge < -0.3 is 15.0 Å². The van der Waals surface area contributed by atoms with Gasteiger partial charge in [0.15, 0.2) is 18.2 Å². The fourth-order valence-electron chi connectivity index (χ4n) is 4.46. The zero-order valence-electron chi connectivity index (χ0n) is 18.5. The number of amides is 1. The Morgan fingerprint density at radius 1 is 1.24 bits per heavy atom. The average Bonchev–Trinajstić information content (AvgIpc) is 2.79. The highest BCUT2D eigenvalue weighted by molar-refractivity contribution is 6.32. The molecule has 1 N–H and O–H groups in total. The van der Waals surface area contributed by atoms with Crippen LogP contribution in [0.15, 0.2) is 36.5 Å². The minimum Gasteiger partial charge on any atom is -0.478 e. The van der Waals surface area contributed by atoms with Gasteiger partial charge in [-0.1, -0.05) is 29.8 Å². The molecule has 0 bridgehead atoms. The molecule has 0 atom stereocenters. The van der Waals surface area contributed by atoms with Gasteiger partial charge in [0.2, 0.25) is 0 Å². The lowest BCUT2D eigenvalue weighted by atomic mass is 9.97. The molecule has 33 heavy (non-hydrogen) atoms. The molecule has 2 aromatic carbocycles. The minimum atomic E-state index is -0.556. The normalized spacial score (nSPS) is 15.3. The number of carbonyl (C=O) groups excluding carboxylic acids is 1. The Bertz CT molecular complexity index is 1250.